The number of aromatic hydroxyl groups is 2. The molecule has 9 rings (SSSR count). The van der Waals surface area contributed by atoms with Gasteiger partial charge >= 0.3 is 17.7 Å². The number of Topliss-reactive ketones (excluding diaryl/α,β-unsaturated/α-hetero) is 1. The number of methoxy groups -OCH3 is 1. The molecule has 0 radical (unpaired) electrons. The van der Waals surface area contributed by atoms with Crippen molar-refractivity contribution >= 4 is 56.7 Å². The molecule has 1 spiro atoms. The third-order valence-corrected chi connectivity index (χ3v) is 15.8. The summed E-state index contributed by atoms with van der Waals surface area (Å²) in [7, 11) is 1.43. The van der Waals surface area contributed by atoms with Crippen LogP contribution in [0.1, 0.15) is 106 Å². The number of aromatic nitrogens is 1. The lowest BCUT2D eigenvalue weighted by Crippen LogP contribution is -2.46. The van der Waals surface area contributed by atoms with Gasteiger partial charge in [-0.15, -0.1) is 0 Å². The Morgan fingerprint density at radius 2 is 1.60 bits per heavy atom. The summed E-state index contributed by atoms with van der Waals surface area (Å²) in [5.41, 5.74) is -2.02. The molecular weight excluding hydrogens is 974 g/mol. The molecule has 4 bridgehead atoms. The molecule has 5 heterocycles. The second-order valence-electron chi connectivity index (χ2n) is 20.9. The number of aromatic carboxylic acids is 1. The van der Waals surface area contributed by atoms with Crippen molar-refractivity contribution in [3.05, 3.63) is 97.9 Å². The van der Waals surface area contributed by atoms with Crippen molar-refractivity contribution in [2.75, 3.05) is 30.4 Å². The first-order valence-corrected chi connectivity index (χ1v) is 25.1. The molecule has 1 saturated carbocycles. The van der Waals surface area contributed by atoms with E-state index in [2.05, 4.69) is 5.32 Å². The Kier molecular flexibility index (Phi) is 13.7. The largest absolute Gasteiger partial charge is 0.507 e. The Balaban J connectivity index is 1.16. The Morgan fingerprint density at radius 1 is 0.920 bits per heavy atom. The number of carbonyl (C=O) groups excluding carboxylic acids is 3. The van der Waals surface area contributed by atoms with Gasteiger partial charge in [-0.2, -0.15) is 0 Å². The van der Waals surface area contributed by atoms with Crippen molar-refractivity contribution in [1.29, 1.82) is 0 Å². The number of carbonyl (C=O) groups is 4. The molecule has 75 heavy (non-hydrogen) atoms. The maximum Gasteiger partial charge on any atom is 0.341 e. The highest BCUT2D eigenvalue weighted by Gasteiger charge is 2.50. The number of amides is 1. The number of phenolic OH excluding ortho intramolecular Hbond substituents is 2. The summed E-state index contributed by atoms with van der Waals surface area (Å²) < 4.78 is 41.9. The van der Waals surface area contributed by atoms with Crippen LogP contribution in [0.2, 0.25) is 0 Å². The second kappa shape index (κ2) is 19.5. The molecule has 5 aliphatic rings. The Labute approximate surface area is 430 Å². The number of hydrogen-bond donors (Lipinski definition) is 6. The van der Waals surface area contributed by atoms with E-state index in [1.54, 1.807) is 55.4 Å². The minimum absolute atomic E-state index is 0.00427. The van der Waals surface area contributed by atoms with Crippen molar-refractivity contribution in [1.82, 2.24) is 4.57 Å². The lowest BCUT2D eigenvalue weighted by atomic mass is 9.78. The van der Waals surface area contributed by atoms with Gasteiger partial charge in [0.25, 0.3) is 11.7 Å². The highest BCUT2D eigenvalue weighted by molar-refractivity contribution is 6.19. The van der Waals surface area contributed by atoms with E-state index in [-0.39, 0.29) is 92.7 Å². The van der Waals surface area contributed by atoms with Gasteiger partial charge in [-0.05, 0) is 44.9 Å². The van der Waals surface area contributed by atoms with Crippen LogP contribution < -0.4 is 31.1 Å². The number of piperidine rings is 1. The molecule has 398 valence electrons. The first-order valence-electron chi connectivity index (χ1n) is 25.1. The quantitative estimate of drug-likeness (QED) is 0.102. The van der Waals surface area contributed by atoms with Gasteiger partial charge in [0.1, 0.15) is 40.0 Å². The molecular formula is C55H62FN5O14. The van der Waals surface area contributed by atoms with Crippen molar-refractivity contribution in [3.8, 4) is 17.2 Å². The number of ether oxygens (including phenoxy) is 4. The topological polar surface area (TPSA) is 268 Å². The number of anilines is 2. The number of carboxylic acid groups (broad SMARTS) is 1. The summed E-state index contributed by atoms with van der Waals surface area (Å²) in [5, 5.41) is 59.7. The number of esters is 1. The SMILES string of the molecule is CO[C@H]1/C=C/O[C@@]2(C)Oc3c(C)c(O)c4c(O)c(c5c(c4c3C2=O)=NC2(CCN(c3cc4c(cc3F)c(=O)c(C(=O)O)cn4C3CC3)CC2)N=5)NC(=O)/C(C)=C\C=C\[C@H](C)[C@H](O)[C@@H](C)[C@@H](O)[C@@H](C)[C@H](OC(C)=O)[C@@H]1C. The molecule has 1 aliphatic carbocycles. The first-order chi connectivity index (χ1) is 35.4. The molecule has 4 aliphatic heterocycles. The van der Waals surface area contributed by atoms with Gasteiger partial charge in [0.15, 0.2) is 11.4 Å². The molecule has 1 aromatic heterocycles. The fraction of sp³-hybridized carbons (Fsp3) is 0.473. The number of carboxylic acids is 1. The number of halogens is 1. The van der Waals surface area contributed by atoms with Crippen molar-refractivity contribution in [3.63, 3.8) is 0 Å². The zero-order chi connectivity index (χ0) is 54.3. The lowest BCUT2D eigenvalue weighted by Gasteiger charge is -2.38. The third kappa shape index (κ3) is 9.09. The summed E-state index contributed by atoms with van der Waals surface area (Å²) in [6, 6.07) is 2.59. The molecule has 1 saturated heterocycles. The molecule has 19 nitrogen and oxygen atoms in total. The van der Waals surface area contributed by atoms with E-state index in [4.69, 9.17) is 28.9 Å². The van der Waals surface area contributed by atoms with Crippen molar-refractivity contribution in [2.24, 2.45) is 33.7 Å². The average Bonchev–Trinajstić information content (AvgIpc) is 4.11. The monoisotopic (exact) mass is 1040 g/mol. The van der Waals surface area contributed by atoms with Crippen LogP contribution in [-0.4, -0.2) is 110 Å². The first kappa shape index (κ1) is 52.7. The van der Waals surface area contributed by atoms with Gasteiger partial charge < -0.3 is 59.3 Å². The van der Waals surface area contributed by atoms with Gasteiger partial charge in [0.2, 0.25) is 5.43 Å². The molecule has 6 N–H and O–H groups in total. The zero-order valence-corrected chi connectivity index (χ0v) is 43.1. The molecule has 9 atom stereocenters. The predicted octanol–water partition coefficient (Wildman–Crippen LogP) is 5.79. The Bertz CT molecular complexity index is 3380. The number of pyridine rings is 1. The number of benzene rings is 3. The number of allylic oxidation sites excluding steroid dienone is 2. The molecule has 0 unspecified atom stereocenters. The molecule has 1 amide bonds. The van der Waals surface area contributed by atoms with E-state index in [9.17, 15) is 49.5 Å². The van der Waals surface area contributed by atoms with Gasteiger partial charge in [-0.3, -0.25) is 29.2 Å². The third-order valence-electron chi connectivity index (χ3n) is 15.8. The summed E-state index contributed by atoms with van der Waals surface area (Å²) in [6.45, 7) is 12.9. The molecule has 20 heteroatoms. The van der Waals surface area contributed by atoms with Crippen LogP contribution >= 0.6 is 0 Å². The number of phenols is 2. The summed E-state index contributed by atoms with van der Waals surface area (Å²) in [5.74, 6) is -9.98. The minimum atomic E-state index is -2.08. The Hall–Kier alpha value is -7.16. The molecule has 3 aromatic carbocycles. The van der Waals surface area contributed by atoms with Crippen LogP contribution in [0, 0.1) is 36.4 Å². The average molecular weight is 1040 g/mol. The smallest absolute Gasteiger partial charge is 0.341 e. The predicted molar refractivity (Wildman–Crippen MR) is 272 cm³/mol. The number of ketones is 1. The van der Waals surface area contributed by atoms with Crippen LogP contribution in [0.5, 0.6) is 17.2 Å². The van der Waals surface area contributed by atoms with Crippen LogP contribution in [0.3, 0.4) is 0 Å². The highest BCUT2D eigenvalue weighted by Crippen LogP contribution is 2.50. The zero-order valence-electron chi connectivity index (χ0n) is 43.1. The van der Waals surface area contributed by atoms with Crippen LogP contribution in [0.4, 0.5) is 15.8 Å². The summed E-state index contributed by atoms with van der Waals surface area (Å²) >= 11 is 0. The minimum Gasteiger partial charge on any atom is -0.507 e. The number of nitrogens with one attached hydrogen (secondary N) is 1. The second-order valence-corrected chi connectivity index (χ2v) is 20.9. The van der Waals surface area contributed by atoms with E-state index in [1.807, 2.05) is 0 Å². The normalized spacial score (nSPS) is 29.4. The van der Waals surface area contributed by atoms with Gasteiger partial charge in [-0.25, -0.2) is 9.18 Å². The highest BCUT2D eigenvalue weighted by atomic mass is 19.1. The van der Waals surface area contributed by atoms with Crippen LogP contribution in [-0.2, 0) is 23.8 Å². The Morgan fingerprint density at radius 3 is 2.24 bits per heavy atom. The van der Waals surface area contributed by atoms with E-state index in [0.29, 0.717) is 5.52 Å². The van der Waals surface area contributed by atoms with Crippen LogP contribution in [0.15, 0.2) is 69.2 Å². The van der Waals surface area contributed by atoms with Crippen molar-refractivity contribution < 1.29 is 68.0 Å². The van der Waals surface area contributed by atoms with Crippen molar-refractivity contribution in [2.45, 2.75) is 123 Å². The van der Waals surface area contributed by atoms with Crippen LogP contribution in [0.25, 0.3) is 21.7 Å². The van der Waals surface area contributed by atoms with Gasteiger partial charge in [0, 0.05) is 105 Å². The lowest BCUT2D eigenvalue weighted by molar-refractivity contribution is -0.160. The van der Waals surface area contributed by atoms with E-state index in [1.165, 1.54) is 59.4 Å². The fourth-order valence-corrected chi connectivity index (χ4v) is 11.1. The maximum absolute atomic E-state index is 16.2. The molecule has 4 aromatic rings. The maximum atomic E-state index is 16.2. The van der Waals surface area contributed by atoms with Gasteiger partial charge in [-0.1, -0.05) is 45.9 Å². The summed E-state index contributed by atoms with van der Waals surface area (Å²) in [4.78, 5) is 78.8. The summed E-state index contributed by atoms with van der Waals surface area (Å²) in [6.07, 6.45) is 6.59. The number of nitrogens with zero attached hydrogens (tertiary/aromatic N) is 4. The number of aliphatic hydroxyl groups is 2. The number of hydrogen-bond acceptors (Lipinski definition) is 16. The fourth-order valence-electron chi connectivity index (χ4n) is 11.1. The number of aliphatic hydroxyl groups excluding tert-OH is 2. The molecule has 2 fully saturated rings. The van der Waals surface area contributed by atoms with Gasteiger partial charge in [0.05, 0.1) is 52.1 Å². The number of fused-ring (bicyclic) bond motifs is 2. The standard InChI is InChI=1S/C55H62FN5O14/c1-24-11-10-12-25(2)52(69)57-43-42-41(58-55(59-42)16-18-60(19-17-55)36-22-35-32(21-34(36)56)47(66)33(53(70)71)23-61(35)31-13-14-31)38-39(48(43)67)46(65)29(6)50-40(38)51(68)54(8,75-50)73-20-15-37(72-9)26(3)49(74-30(7)62)28(5)45(64)27(4)44(24)63/h10-12,15,20-24,26-28,31,37,44-45,49,63-65,67H,13-14,16-19H2,1-9H3,(H,57,69)(H,70,71)/b11-10+,20-15+,25-12-/t24-,26+,27+,28+,37-,44-,45+,49+,54-/m0/s1. The van der Waals surface area contributed by atoms with E-state index < -0.39 is 111 Å². The van der Waals surface area contributed by atoms with E-state index >= 15 is 4.39 Å². The van der Waals surface area contributed by atoms with E-state index in [0.717, 1.165) is 18.9 Å². The number of rotatable bonds is 5.